The van der Waals surface area contributed by atoms with E-state index in [0.29, 0.717) is 17.5 Å². The zero-order valence-electron chi connectivity index (χ0n) is 17.6. The summed E-state index contributed by atoms with van der Waals surface area (Å²) in [5, 5.41) is 7.98. The van der Waals surface area contributed by atoms with E-state index in [2.05, 4.69) is 15.5 Å². The van der Waals surface area contributed by atoms with Crippen molar-refractivity contribution in [2.75, 3.05) is 7.11 Å². The summed E-state index contributed by atoms with van der Waals surface area (Å²) in [5.74, 6) is 1.26. The van der Waals surface area contributed by atoms with Crippen molar-refractivity contribution in [1.29, 1.82) is 0 Å². The van der Waals surface area contributed by atoms with Crippen LogP contribution < -0.4 is 10.1 Å². The van der Waals surface area contributed by atoms with Crippen LogP contribution in [0.15, 0.2) is 45.3 Å². The summed E-state index contributed by atoms with van der Waals surface area (Å²) in [4.78, 5) is 17.6. The SMILES string of the molecule is COc1ccccc1[C@@H](NC(=O)c1oc2c(C)ccc(C)c2c1C)c1noc(C)n1. The lowest BCUT2D eigenvalue weighted by atomic mass is 10.0. The normalized spacial score (nSPS) is 12.2. The first kappa shape index (κ1) is 19.7. The lowest BCUT2D eigenvalue weighted by Gasteiger charge is -2.18. The molecule has 7 nitrogen and oxygen atoms in total. The summed E-state index contributed by atoms with van der Waals surface area (Å²) in [7, 11) is 1.58. The predicted octanol–water partition coefficient (Wildman–Crippen LogP) is 4.58. The molecule has 1 N–H and O–H groups in total. The highest BCUT2D eigenvalue weighted by atomic mass is 16.5. The molecule has 0 spiro atoms. The fraction of sp³-hybridized carbons (Fsp3) is 0.261. The van der Waals surface area contributed by atoms with Gasteiger partial charge in [-0.25, -0.2) is 0 Å². The van der Waals surface area contributed by atoms with Gasteiger partial charge in [0.2, 0.25) is 5.89 Å². The lowest BCUT2D eigenvalue weighted by Crippen LogP contribution is -2.30. The number of furan rings is 1. The zero-order valence-corrected chi connectivity index (χ0v) is 17.6. The second-order valence-corrected chi connectivity index (χ2v) is 7.28. The third-order valence-corrected chi connectivity index (χ3v) is 5.22. The van der Waals surface area contributed by atoms with Crippen LogP contribution in [0.2, 0.25) is 0 Å². The van der Waals surface area contributed by atoms with E-state index < -0.39 is 6.04 Å². The molecule has 7 heteroatoms. The summed E-state index contributed by atoms with van der Waals surface area (Å²) in [5.41, 5.74) is 4.28. The van der Waals surface area contributed by atoms with Gasteiger partial charge in [-0.3, -0.25) is 4.79 Å². The van der Waals surface area contributed by atoms with E-state index in [1.165, 1.54) is 0 Å². The van der Waals surface area contributed by atoms with E-state index in [9.17, 15) is 4.79 Å². The van der Waals surface area contributed by atoms with Gasteiger partial charge in [0, 0.05) is 23.4 Å². The van der Waals surface area contributed by atoms with Crippen molar-refractivity contribution in [2.45, 2.75) is 33.7 Å². The molecule has 154 valence electrons. The van der Waals surface area contributed by atoms with Crippen LogP contribution in [-0.4, -0.2) is 23.2 Å². The average Bonchev–Trinajstić information content (AvgIpc) is 3.33. The van der Waals surface area contributed by atoms with Crippen LogP contribution in [-0.2, 0) is 0 Å². The Kier molecular flexibility index (Phi) is 5.03. The molecule has 1 atom stereocenters. The van der Waals surface area contributed by atoms with E-state index in [4.69, 9.17) is 13.7 Å². The van der Waals surface area contributed by atoms with Crippen LogP contribution in [0.1, 0.15) is 50.6 Å². The Hall–Kier alpha value is -3.61. The quantitative estimate of drug-likeness (QED) is 0.523. The number of hydrogen-bond acceptors (Lipinski definition) is 6. The number of ether oxygens (including phenoxy) is 1. The fourth-order valence-electron chi connectivity index (χ4n) is 3.71. The van der Waals surface area contributed by atoms with Gasteiger partial charge < -0.3 is 19.0 Å². The summed E-state index contributed by atoms with van der Waals surface area (Å²) >= 11 is 0. The molecular formula is C23H23N3O4. The number of nitrogens with zero attached hydrogens (tertiary/aromatic N) is 2. The third kappa shape index (κ3) is 3.32. The van der Waals surface area contributed by atoms with Crippen LogP contribution >= 0.6 is 0 Å². The van der Waals surface area contributed by atoms with Crippen molar-refractivity contribution in [3.63, 3.8) is 0 Å². The van der Waals surface area contributed by atoms with Crippen LogP contribution in [0.5, 0.6) is 5.75 Å². The molecular weight excluding hydrogens is 382 g/mol. The van der Waals surface area contributed by atoms with Gasteiger partial charge in [-0.15, -0.1) is 0 Å². The van der Waals surface area contributed by atoms with E-state index in [1.54, 1.807) is 14.0 Å². The van der Waals surface area contributed by atoms with Crippen molar-refractivity contribution >= 4 is 16.9 Å². The van der Waals surface area contributed by atoms with Crippen LogP contribution in [0.3, 0.4) is 0 Å². The highest BCUT2D eigenvalue weighted by molar-refractivity contribution is 6.00. The molecule has 1 amide bonds. The standard InChI is InChI=1S/C23H23N3O4/c1-12-10-11-13(2)20-18(12)14(3)21(29-20)23(27)25-19(22-24-15(4)30-26-22)16-8-6-7-9-17(16)28-5/h6-11,19H,1-5H3,(H,25,27)/t19-/m1/s1. The maximum Gasteiger partial charge on any atom is 0.288 e. The number of methoxy groups -OCH3 is 1. The number of hydrogen-bond donors (Lipinski definition) is 1. The monoisotopic (exact) mass is 405 g/mol. The second-order valence-electron chi connectivity index (χ2n) is 7.28. The maximum atomic E-state index is 13.3. The molecule has 4 rings (SSSR count). The Balaban J connectivity index is 1.78. The molecule has 0 bridgehead atoms. The summed E-state index contributed by atoms with van der Waals surface area (Å²) in [6.07, 6.45) is 0. The number of aromatic nitrogens is 2. The van der Waals surface area contributed by atoms with Gasteiger partial charge in [-0.1, -0.05) is 35.5 Å². The Morgan fingerprint density at radius 1 is 1.07 bits per heavy atom. The van der Waals surface area contributed by atoms with Crippen molar-refractivity contribution in [3.8, 4) is 5.75 Å². The predicted molar refractivity (Wildman–Crippen MR) is 112 cm³/mol. The smallest absolute Gasteiger partial charge is 0.288 e. The highest BCUT2D eigenvalue weighted by Gasteiger charge is 2.28. The molecule has 2 aromatic heterocycles. The number of fused-ring (bicyclic) bond motifs is 1. The molecule has 0 saturated carbocycles. The first-order chi connectivity index (χ1) is 14.4. The van der Waals surface area contributed by atoms with Gasteiger partial charge in [-0.05, 0) is 38.0 Å². The molecule has 0 aliphatic carbocycles. The van der Waals surface area contributed by atoms with Crippen LogP contribution in [0.4, 0.5) is 0 Å². The number of para-hydroxylation sites is 1. The first-order valence-electron chi connectivity index (χ1n) is 9.64. The highest BCUT2D eigenvalue weighted by Crippen LogP contribution is 2.32. The minimum atomic E-state index is -0.666. The Labute approximate surface area is 174 Å². The molecule has 0 unspecified atom stereocenters. The topological polar surface area (TPSA) is 90.4 Å². The lowest BCUT2D eigenvalue weighted by molar-refractivity contribution is 0.0914. The largest absolute Gasteiger partial charge is 0.496 e. The van der Waals surface area contributed by atoms with E-state index in [0.717, 1.165) is 33.2 Å². The van der Waals surface area contributed by atoms with Gasteiger partial charge >= 0.3 is 0 Å². The van der Waals surface area contributed by atoms with Gasteiger partial charge in [-0.2, -0.15) is 4.98 Å². The van der Waals surface area contributed by atoms with E-state index >= 15 is 0 Å². The van der Waals surface area contributed by atoms with Gasteiger partial charge in [0.15, 0.2) is 11.6 Å². The van der Waals surface area contributed by atoms with Gasteiger partial charge in [0.05, 0.1) is 7.11 Å². The number of amides is 1. The Morgan fingerprint density at radius 3 is 2.47 bits per heavy atom. The number of carbonyl (C=O) groups excluding carboxylic acids is 1. The summed E-state index contributed by atoms with van der Waals surface area (Å²) in [6, 6.07) is 10.8. The van der Waals surface area contributed by atoms with Crippen LogP contribution in [0.25, 0.3) is 11.0 Å². The number of aryl methyl sites for hydroxylation is 4. The molecule has 4 aromatic rings. The molecule has 0 saturated heterocycles. The van der Waals surface area contributed by atoms with Gasteiger partial charge in [0.1, 0.15) is 17.4 Å². The van der Waals surface area contributed by atoms with Crippen LogP contribution in [0, 0.1) is 27.7 Å². The summed E-state index contributed by atoms with van der Waals surface area (Å²) < 4.78 is 16.6. The number of nitrogens with one attached hydrogen (secondary N) is 1. The first-order valence-corrected chi connectivity index (χ1v) is 9.64. The minimum absolute atomic E-state index is 0.266. The number of rotatable bonds is 5. The summed E-state index contributed by atoms with van der Waals surface area (Å²) in [6.45, 7) is 7.56. The van der Waals surface area contributed by atoms with E-state index in [1.807, 2.05) is 57.2 Å². The van der Waals surface area contributed by atoms with Gasteiger partial charge in [0.25, 0.3) is 5.91 Å². The van der Waals surface area contributed by atoms with Crippen molar-refractivity contribution in [1.82, 2.24) is 15.5 Å². The maximum absolute atomic E-state index is 13.3. The fourth-order valence-corrected chi connectivity index (χ4v) is 3.71. The van der Waals surface area contributed by atoms with Crippen molar-refractivity contribution in [2.24, 2.45) is 0 Å². The molecule has 2 aromatic carbocycles. The molecule has 0 fully saturated rings. The van der Waals surface area contributed by atoms with Crippen molar-refractivity contribution in [3.05, 3.63) is 76.1 Å². The second kappa shape index (κ2) is 7.67. The molecule has 30 heavy (non-hydrogen) atoms. The number of benzene rings is 2. The molecule has 0 aliphatic rings. The molecule has 0 radical (unpaired) electrons. The third-order valence-electron chi connectivity index (χ3n) is 5.22. The molecule has 0 aliphatic heterocycles. The zero-order chi connectivity index (χ0) is 21.4. The molecule has 2 heterocycles. The number of carbonyl (C=O) groups is 1. The average molecular weight is 405 g/mol. The Bertz CT molecular complexity index is 1240. The minimum Gasteiger partial charge on any atom is -0.496 e. The Morgan fingerprint density at radius 2 is 1.80 bits per heavy atom. The van der Waals surface area contributed by atoms with Crippen molar-refractivity contribution < 1.29 is 18.5 Å². The van der Waals surface area contributed by atoms with E-state index in [-0.39, 0.29) is 11.7 Å².